The summed E-state index contributed by atoms with van der Waals surface area (Å²) in [5, 5.41) is 8.41. The molecule has 0 fully saturated rings. The third-order valence-corrected chi connectivity index (χ3v) is 1.40. The van der Waals surface area contributed by atoms with E-state index in [1.54, 1.807) is 24.3 Å². The molecule has 0 aromatic heterocycles. The average molecular weight is 148 g/mol. The first-order chi connectivity index (χ1) is 5.25. The first-order valence-corrected chi connectivity index (χ1v) is 3.18. The largest absolute Gasteiger partial charge is 0.382 e. The van der Waals surface area contributed by atoms with Crippen molar-refractivity contribution in [1.29, 1.82) is 0 Å². The molecule has 0 spiro atoms. The molecule has 2 radical (unpaired) electrons. The topological polar surface area (TPSA) is 37.3 Å². The zero-order valence-electron chi connectivity index (χ0n) is 5.95. The van der Waals surface area contributed by atoms with Gasteiger partial charge in [-0.3, -0.25) is 4.79 Å². The quantitative estimate of drug-likeness (QED) is 0.646. The maximum Gasteiger partial charge on any atom is 0.194 e. The standard InChI is InChI=1S/C9H8O2/c1-7-4-2-3-5-8(7)9(11)6-10/h2-6,10H,1H2. The van der Waals surface area contributed by atoms with Crippen molar-refractivity contribution in [2.24, 2.45) is 0 Å². The molecule has 56 valence electrons. The van der Waals surface area contributed by atoms with Crippen LogP contribution in [0, 0.1) is 13.5 Å². The van der Waals surface area contributed by atoms with E-state index in [2.05, 4.69) is 6.92 Å². The molecule has 1 rings (SSSR count). The fourth-order valence-corrected chi connectivity index (χ4v) is 0.830. The van der Waals surface area contributed by atoms with Crippen LogP contribution in [0.3, 0.4) is 0 Å². The highest BCUT2D eigenvalue weighted by molar-refractivity contribution is 6.02. The van der Waals surface area contributed by atoms with Crippen LogP contribution in [0.15, 0.2) is 24.3 Å². The van der Waals surface area contributed by atoms with E-state index in [9.17, 15) is 4.79 Å². The third kappa shape index (κ3) is 1.65. The molecule has 1 aromatic carbocycles. The molecule has 0 aliphatic carbocycles. The van der Waals surface area contributed by atoms with Crippen LogP contribution in [0.5, 0.6) is 0 Å². The number of rotatable bonds is 2. The van der Waals surface area contributed by atoms with Gasteiger partial charge in [0.2, 0.25) is 0 Å². The van der Waals surface area contributed by atoms with E-state index in [-0.39, 0.29) is 0 Å². The summed E-state index contributed by atoms with van der Waals surface area (Å²) in [6.07, 6.45) is 0. The van der Waals surface area contributed by atoms with Crippen molar-refractivity contribution in [2.45, 2.75) is 0 Å². The van der Waals surface area contributed by atoms with Gasteiger partial charge in [0.1, 0.15) is 0 Å². The van der Waals surface area contributed by atoms with Crippen LogP contribution in [0.25, 0.3) is 0 Å². The summed E-state index contributed by atoms with van der Waals surface area (Å²) in [6.45, 7) is 4.18. The van der Waals surface area contributed by atoms with E-state index in [4.69, 9.17) is 5.11 Å². The average Bonchev–Trinajstić information content (AvgIpc) is 2.04. The molecule has 0 saturated heterocycles. The lowest BCUT2D eigenvalue weighted by atomic mass is 10.1. The first-order valence-electron chi connectivity index (χ1n) is 3.18. The minimum atomic E-state index is -0.407. The van der Waals surface area contributed by atoms with Gasteiger partial charge in [-0.15, -0.1) is 0 Å². The molecule has 1 N–H and O–H groups in total. The number of Topliss-reactive ketones (excluding diaryl/α,β-unsaturated/α-hetero) is 1. The fourth-order valence-electron chi connectivity index (χ4n) is 0.830. The normalized spacial score (nSPS) is 9.64. The second-order valence-corrected chi connectivity index (χ2v) is 2.15. The fraction of sp³-hybridized carbons (Fsp3) is 0. The minimum Gasteiger partial charge on any atom is -0.382 e. The number of ketones is 1. The highest BCUT2D eigenvalue weighted by Crippen LogP contribution is 2.07. The summed E-state index contributed by atoms with van der Waals surface area (Å²) in [5.41, 5.74) is 1.07. The molecule has 0 saturated carbocycles. The molecule has 0 unspecified atom stereocenters. The second-order valence-electron chi connectivity index (χ2n) is 2.15. The molecule has 0 amide bonds. The summed E-state index contributed by atoms with van der Waals surface area (Å²) in [6, 6.07) is 6.86. The Morgan fingerprint density at radius 3 is 2.64 bits per heavy atom. The highest BCUT2D eigenvalue weighted by Gasteiger charge is 2.05. The van der Waals surface area contributed by atoms with Crippen molar-refractivity contribution in [3.63, 3.8) is 0 Å². The number of aliphatic hydroxyl groups is 1. The van der Waals surface area contributed by atoms with Crippen LogP contribution in [0.2, 0.25) is 0 Å². The number of hydrogen-bond acceptors (Lipinski definition) is 2. The monoisotopic (exact) mass is 148 g/mol. The van der Waals surface area contributed by atoms with Crippen LogP contribution in [0.1, 0.15) is 15.9 Å². The van der Waals surface area contributed by atoms with E-state index in [1.807, 2.05) is 0 Å². The first kappa shape index (κ1) is 7.95. The molecule has 0 heterocycles. The zero-order chi connectivity index (χ0) is 8.27. The molecule has 1 aromatic rings. The SMILES string of the molecule is [CH2]c1ccccc1C(=O)[CH]O. The molecule has 0 atom stereocenters. The summed E-state index contributed by atoms with van der Waals surface area (Å²) < 4.78 is 0. The summed E-state index contributed by atoms with van der Waals surface area (Å²) in [7, 11) is 0. The van der Waals surface area contributed by atoms with Gasteiger partial charge in [-0.25, -0.2) is 0 Å². The van der Waals surface area contributed by atoms with Gasteiger partial charge in [-0.2, -0.15) is 0 Å². The maximum absolute atomic E-state index is 10.9. The van der Waals surface area contributed by atoms with Gasteiger partial charge < -0.3 is 5.11 Å². The third-order valence-electron chi connectivity index (χ3n) is 1.40. The van der Waals surface area contributed by atoms with E-state index in [1.165, 1.54) is 0 Å². The van der Waals surface area contributed by atoms with Crippen LogP contribution >= 0.6 is 0 Å². The molecule has 0 bridgehead atoms. The van der Waals surface area contributed by atoms with Crippen molar-refractivity contribution < 1.29 is 9.90 Å². The molecule has 2 nitrogen and oxygen atoms in total. The van der Waals surface area contributed by atoms with Crippen molar-refractivity contribution in [3.8, 4) is 0 Å². The number of carbonyl (C=O) groups excluding carboxylic acids is 1. The Morgan fingerprint density at radius 2 is 2.09 bits per heavy atom. The lowest BCUT2D eigenvalue weighted by Crippen LogP contribution is -2.00. The summed E-state index contributed by atoms with van der Waals surface area (Å²) in [5.74, 6) is -0.407. The number of carbonyl (C=O) groups is 1. The summed E-state index contributed by atoms with van der Waals surface area (Å²) >= 11 is 0. The van der Waals surface area contributed by atoms with Crippen LogP contribution in [0.4, 0.5) is 0 Å². The predicted molar refractivity (Wildman–Crippen MR) is 41.5 cm³/mol. The number of aliphatic hydroxyl groups excluding tert-OH is 1. The predicted octanol–water partition coefficient (Wildman–Crippen LogP) is 1.59. The van der Waals surface area contributed by atoms with Crippen molar-refractivity contribution in [1.82, 2.24) is 0 Å². The van der Waals surface area contributed by atoms with E-state index in [0.717, 1.165) is 0 Å². The zero-order valence-corrected chi connectivity index (χ0v) is 5.95. The van der Waals surface area contributed by atoms with Crippen molar-refractivity contribution >= 4 is 5.78 Å². The Bertz CT molecular complexity index is 266. The lowest BCUT2D eigenvalue weighted by molar-refractivity contribution is 0.0968. The van der Waals surface area contributed by atoms with Gasteiger partial charge in [0.05, 0.1) is 0 Å². The van der Waals surface area contributed by atoms with Gasteiger partial charge in [0, 0.05) is 5.56 Å². The van der Waals surface area contributed by atoms with Gasteiger partial charge in [-0.05, 0) is 12.5 Å². The lowest BCUT2D eigenvalue weighted by Gasteiger charge is -1.99. The second kappa shape index (κ2) is 3.30. The van der Waals surface area contributed by atoms with Gasteiger partial charge in [0.15, 0.2) is 12.4 Å². The molecule has 0 aliphatic heterocycles. The van der Waals surface area contributed by atoms with Gasteiger partial charge >= 0.3 is 0 Å². The Balaban J connectivity index is 3.03. The maximum atomic E-state index is 10.9. The Labute approximate surface area is 65.5 Å². The van der Waals surface area contributed by atoms with Crippen molar-refractivity contribution in [2.75, 3.05) is 0 Å². The summed E-state index contributed by atoms with van der Waals surface area (Å²) in [4.78, 5) is 10.9. The Kier molecular flexibility index (Phi) is 2.39. The van der Waals surface area contributed by atoms with E-state index in [0.29, 0.717) is 17.7 Å². The van der Waals surface area contributed by atoms with E-state index >= 15 is 0 Å². The molecular weight excluding hydrogens is 140 g/mol. The number of benzene rings is 1. The number of hydrogen-bond donors (Lipinski definition) is 1. The Hall–Kier alpha value is -1.15. The van der Waals surface area contributed by atoms with Gasteiger partial charge in [-0.1, -0.05) is 24.3 Å². The highest BCUT2D eigenvalue weighted by atomic mass is 16.3. The molecule has 0 aliphatic rings. The van der Waals surface area contributed by atoms with Crippen LogP contribution < -0.4 is 0 Å². The molecule has 2 heteroatoms. The smallest absolute Gasteiger partial charge is 0.194 e. The molecule has 11 heavy (non-hydrogen) atoms. The van der Waals surface area contributed by atoms with Crippen molar-refractivity contribution in [3.05, 3.63) is 48.9 Å². The minimum absolute atomic E-state index is 0.407. The van der Waals surface area contributed by atoms with Crippen LogP contribution in [-0.4, -0.2) is 10.9 Å². The Morgan fingerprint density at radius 1 is 1.45 bits per heavy atom. The van der Waals surface area contributed by atoms with E-state index < -0.39 is 5.78 Å². The molecular formula is C9H8O2. The van der Waals surface area contributed by atoms with Crippen LogP contribution in [-0.2, 0) is 0 Å². The van der Waals surface area contributed by atoms with Gasteiger partial charge in [0.25, 0.3) is 0 Å².